The Labute approximate surface area is 161 Å². The molecule has 1 fully saturated rings. The normalized spacial score (nSPS) is 14.5. The zero-order valence-corrected chi connectivity index (χ0v) is 15.7. The van der Waals surface area contributed by atoms with Crippen LogP contribution in [-0.2, 0) is 4.79 Å². The number of hydrogen-bond donors (Lipinski definition) is 0. The Balaban J connectivity index is 1.53. The van der Waals surface area contributed by atoms with Crippen molar-refractivity contribution in [3.05, 3.63) is 57.5 Å². The van der Waals surface area contributed by atoms with E-state index in [9.17, 15) is 4.79 Å². The average molecular weight is 400 g/mol. The van der Waals surface area contributed by atoms with E-state index < -0.39 is 0 Å². The van der Waals surface area contributed by atoms with Gasteiger partial charge in [-0.1, -0.05) is 46.9 Å². The maximum Gasteiger partial charge on any atom is 0.260 e. The fourth-order valence-electron chi connectivity index (χ4n) is 2.73. The van der Waals surface area contributed by atoms with Crippen LogP contribution in [0, 0.1) is 0 Å². The first-order chi connectivity index (χ1) is 12.0. The third-order valence-electron chi connectivity index (χ3n) is 4.06. The van der Waals surface area contributed by atoms with Crippen LogP contribution in [0.4, 0.5) is 5.69 Å². The maximum atomic E-state index is 12.4. The van der Waals surface area contributed by atoms with Gasteiger partial charge in [0.1, 0.15) is 0 Å². The number of hydrogen-bond acceptors (Lipinski definition) is 3. The predicted molar refractivity (Wildman–Crippen MR) is 102 cm³/mol. The van der Waals surface area contributed by atoms with E-state index in [4.69, 9.17) is 39.5 Å². The largest absolute Gasteiger partial charge is 0.481 e. The number of nitrogens with zero attached hydrogens (tertiary/aromatic N) is 2. The predicted octanol–water partition coefficient (Wildman–Crippen LogP) is 4.37. The number of rotatable bonds is 4. The summed E-state index contributed by atoms with van der Waals surface area (Å²) in [6.45, 7) is 2.68. The number of benzene rings is 2. The van der Waals surface area contributed by atoms with Crippen molar-refractivity contribution in [3.8, 4) is 5.75 Å². The van der Waals surface area contributed by atoms with Crippen LogP contribution >= 0.6 is 34.8 Å². The van der Waals surface area contributed by atoms with Crippen LogP contribution in [0.1, 0.15) is 0 Å². The molecule has 2 aromatic carbocycles. The van der Waals surface area contributed by atoms with Crippen molar-refractivity contribution in [2.45, 2.75) is 0 Å². The second-order valence-electron chi connectivity index (χ2n) is 5.69. The molecule has 3 rings (SSSR count). The molecule has 0 spiro atoms. The number of amides is 1. The number of piperazine rings is 1. The van der Waals surface area contributed by atoms with Crippen molar-refractivity contribution >= 4 is 46.4 Å². The lowest BCUT2D eigenvalue weighted by Crippen LogP contribution is -2.50. The quantitative estimate of drug-likeness (QED) is 0.765. The third kappa shape index (κ3) is 4.51. The Kier molecular flexibility index (Phi) is 5.94. The summed E-state index contributed by atoms with van der Waals surface area (Å²) in [5.41, 5.74) is 1.07. The van der Waals surface area contributed by atoms with Gasteiger partial charge in [0.15, 0.2) is 12.4 Å². The van der Waals surface area contributed by atoms with E-state index in [1.807, 2.05) is 24.3 Å². The molecule has 1 saturated heterocycles. The van der Waals surface area contributed by atoms with Crippen LogP contribution in [0.25, 0.3) is 0 Å². The third-order valence-corrected chi connectivity index (χ3v) is 4.90. The van der Waals surface area contributed by atoms with Gasteiger partial charge in [0.25, 0.3) is 5.91 Å². The molecule has 4 nitrogen and oxygen atoms in total. The van der Waals surface area contributed by atoms with E-state index in [1.54, 1.807) is 23.1 Å². The topological polar surface area (TPSA) is 32.8 Å². The zero-order chi connectivity index (χ0) is 17.8. The number of halogens is 3. The van der Waals surface area contributed by atoms with Gasteiger partial charge in [-0.05, 0) is 30.3 Å². The van der Waals surface area contributed by atoms with Gasteiger partial charge >= 0.3 is 0 Å². The summed E-state index contributed by atoms with van der Waals surface area (Å²) in [7, 11) is 0. The molecule has 0 unspecified atom stereocenters. The van der Waals surface area contributed by atoms with Crippen molar-refractivity contribution < 1.29 is 9.53 Å². The lowest BCUT2D eigenvalue weighted by molar-refractivity contribution is -0.133. The average Bonchev–Trinajstić information content (AvgIpc) is 2.61. The minimum Gasteiger partial charge on any atom is -0.481 e. The SMILES string of the molecule is O=C(COc1c(Cl)cccc1Cl)N1CCN(c2cccc(Cl)c2)CC1. The van der Waals surface area contributed by atoms with Gasteiger partial charge in [-0.3, -0.25) is 4.79 Å². The number of para-hydroxylation sites is 1. The van der Waals surface area contributed by atoms with Gasteiger partial charge in [-0.25, -0.2) is 0 Å². The second kappa shape index (κ2) is 8.17. The number of carbonyl (C=O) groups excluding carboxylic acids is 1. The first-order valence-corrected chi connectivity index (χ1v) is 9.03. The van der Waals surface area contributed by atoms with Crippen LogP contribution in [0.3, 0.4) is 0 Å². The molecule has 0 aromatic heterocycles. The van der Waals surface area contributed by atoms with E-state index in [2.05, 4.69) is 4.90 Å². The Morgan fingerprint density at radius 3 is 2.24 bits per heavy atom. The highest BCUT2D eigenvalue weighted by atomic mass is 35.5. The smallest absolute Gasteiger partial charge is 0.260 e. The summed E-state index contributed by atoms with van der Waals surface area (Å²) in [6, 6.07) is 12.8. The Bertz CT molecular complexity index is 741. The molecule has 0 saturated carbocycles. The second-order valence-corrected chi connectivity index (χ2v) is 6.94. The van der Waals surface area contributed by atoms with E-state index in [0.29, 0.717) is 33.9 Å². The summed E-state index contributed by atoms with van der Waals surface area (Å²) in [6.07, 6.45) is 0. The molecular weight excluding hydrogens is 383 g/mol. The molecule has 25 heavy (non-hydrogen) atoms. The molecule has 0 radical (unpaired) electrons. The minimum absolute atomic E-state index is 0.0817. The number of anilines is 1. The Morgan fingerprint density at radius 1 is 0.960 bits per heavy atom. The van der Waals surface area contributed by atoms with Crippen LogP contribution < -0.4 is 9.64 Å². The molecule has 0 atom stereocenters. The number of ether oxygens (including phenoxy) is 1. The molecule has 7 heteroatoms. The fourth-order valence-corrected chi connectivity index (χ4v) is 3.42. The van der Waals surface area contributed by atoms with Gasteiger partial charge in [0.2, 0.25) is 0 Å². The van der Waals surface area contributed by atoms with Crippen LogP contribution in [0.5, 0.6) is 5.75 Å². The van der Waals surface area contributed by atoms with Gasteiger partial charge in [0.05, 0.1) is 10.0 Å². The highest BCUT2D eigenvalue weighted by Crippen LogP contribution is 2.32. The van der Waals surface area contributed by atoms with Crippen LogP contribution in [0.2, 0.25) is 15.1 Å². The lowest BCUT2D eigenvalue weighted by atomic mass is 10.2. The molecule has 132 valence electrons. The molecular formula is C18H17Cl3N2O2. The van der Waals surface area contributed by atoms with Gasteiger partial charge in [0, 0.05) is 36.9 Å². The summed E-state index contributed by atoms with van der Waals surface area (Å²) in [4.78, 5) is 16.4. The van der Waals surface area contributed by atoms with Crippen LogP contribution in [0.15, 0.2) is 42.5 Å². The molecule has 1 aliphatic rings. The lowest BCUT2D eigenvalue weighted by Gasteiger charge is -2.36. The van der Waals surface area contributed by atoms with E-state index >= 15 is 0 Å². The first-order valence-electron chi connectivity index (χ1n) is 7.89. The van der Waals surface area contributed by atoms with E-state index in [-0.39, 0.29) is 12.5 Å². The molecule has 0 N–H and O–H groups in total. The van der Waals surface area contributed by atoms with Crippen molar-refractivity contribution in [1.29, 1.82) is 0 Å². The molecule has 1 amide bonds. The van der Waals surface area contributed by atoms with Gasteiger partial charge in [-0.2, -0.15) is 0 Å². The summed E-state index contributed by atoms with van der Waals surface area (Å²) < 4.78 is 5.52. The molecule has 0 bridgehead atoms. The standard InChI is InChI=1S/C18H17Cl3N2O2/c19-13-3-1-4-14(11-13)22-7-9-23(10-8-22)17(24)12-25-18-15(20)5-2-6-16(18)21/h1-6,11H,7-10,12H2. The Hall–Kier alpha value is -1.62. The van der Waals surface area contributed by atoms with Gasteiger partial charge in [-0.15, -0.1) is 0 Å². The van der Waals surface area contributed by atoms with Gasteiger partial charge < -0.3 is 14.5 Å². The maximum absolute atomic E-state index is 12.4. The summed E-state index contributed by atoms with van der Waals surface area (Å²) in [5, 5.41) is 1.50. The molecule has 1 aliphatic heterocycles. The summed E-state index contributed by atoms with van der Waals surface area (Å²) >= 11 is 18.1. The van der Waals surface area contributed by atoms with Crippen molar-refractivity contribution in [2.75, 3.05) is 37.7 Å². The Morgan fingerprint density at radius 2 is 1.60 bits per heavy atom. The fraction of sp³-hybridized carbons (Fsp3) is 0.278. The van der Waals surface area contributed by atoms with Crippen molar-refractivity contribution in [2.24, 2.45) is 0 Å². The molecule has 2 aromatic rings. The van der Waals surface area contributed by atoms with Crippen LogP contribution in [-0.4, -0.2) is 43.6 Å². The highest BCUT2D eigenvalue weighted by Gasteiger charge is 2.22. The number of carbonyl (C=O) groups is 1. The van der Waals surface area contributed by atoms with Crippen molar-refractivity contribution in [3.63, 3.8) is 0 Å². The summed E-state index contributed by atoms with van der Waals surface area (Å²) in [5.74, 6) is 0.262. The first kappa shape index (κ1) is 18.2. The van der Waals surface area contributed by atoms with E-state index in [0.717, 1.165) is 18.8 Å². The van der Waals surface area contributed by atoms with E-state index in [1.165, 1.54) is 0 Å². The van der Waals surface area contributed by atoms with Crippen molar-refractivity contribution in [1.82, 2.24) is 4.90 Å². The molecule has 0 aliphatic carbocycles. The zero-order valence-electron chi connectivity index (χ0n) is 13.4. The monoisotopic (exact) mass is 398 g/mol. The minimum atomic E-state index is -0.0827. The highest BCUT2D eigenvalue weighted by molar-refractivity contribution is 6.37. The molecule has 1 heterocycles.